The van der Waals surface area contributed by atoms with E-state index in [9.17, 15) is 22.4 Å². The summed E-state index contributed by atoms with van der Waals surface area (Å²) in [6, 6.07) is 8.22. The second-order valence-corrected chi connectivity index (χ2v) is 8.63. The van der Waals surface area contributed by atoms with E-state index < -0.39 is 23.5 Å². The van der Waals surface area contributed by atoms with Crippen LogP contribution in [0.4, 0.5) is 40.7 Å². The lowest BCUT2D eigenvalue weighted by molar-refractivity contribution is -0.137. The summed E-state index contributed by atoms with van der Waals surface area (Å²) in [5.74, 6) is -1.03. The lowest BCUT2D eigenvalue weighted by Gasteiger charge is -2.15. The van der Waals surface area contributed by atoms with Crippen molar-refractivity contribution in [3.8, 4) is 11.1 Å². The van der Waals surface area contributed by atoms with Crippen molar-refractivity contribution in [2.45, 2.75) is 6.18 Å². The third kappa shape index (κ3) is 8.36. The van der Waals surface area contributed by atoms with Crippen LogP contribution in [0.1, 0.15) is 5.56 Å². The second kappa shape index (κ2) is 13.3. The molecule has 3 aromatic rings. The summed E-state index contributed by atoms with van der Waals surface area (Å²) >= 11 is 0. The zero-order chi connectivity index (χ0) is 29.3. The van der Waals surface area contributed by atoms with Crippen LogP contribution in [0.5, 0.6) is 0 Å². The summed E-state index contributed by atoms with van der Waals surface area (Å²) in [5.41, 5.74) is 6.11. The Morgan fingerprint density at radius 1 is 1.15 bits per heavy atom. The van der Waals surface area contributed by atoms with Crippen molar-refractivity contribution >= 4 is 35.3 Å². The van der Waals surface area contributed by atoms with Crippen molar-refractivity contribution in [2.24, 2.45) is 10.7 Å². The number of hydrogen-bond donors (Lipinski definition) is 4. The van der Waals surface area contributed by atoms with Crippen molar-refractivity contribution in [2.75, 3.05) is 43.1 Å². The van der Waals surface area contributed by atoms with Gasteiger partial charge < -0.3 is 26.6 Å². The first-order valence-electron chi connectivity index (χ1n) is 11.9. The first kappa shape index (κ1) is 29.8. The molecule has 9 nitrogen and oxygen atoms in total. The Kier molecular flexibility index (Phi) is 9.92. The van der Waals surface area contributed by atoms with Crippen LogP contribution >= 0.6 is 0 Å². The topological polar surface area (TPSA) is 121 Å². The Labute approximate surface area is 228 Å². The number of rotatable bonds is 11. The monoisotopic (exact) mass is 556 g/mol. The van der Waals surface area contributed by atoms with Gasteiger partial charge in [-0.2, -0.15) is 18.2 Å². The smallest absolute Gasteiger partial charge is 0.403 e. The predicted octanol–water partition coefficient (Wildman–Crippen LogP) is 5.01. The van der Waals surface area contributed by atoms with Gasteiger partial charge in [-0.25, -0.2) is 9.37 Å². The van der Waals surface area contributed by atoms with Gasteiger partial charge in [0.2, 0.25) is 11.9 Å². The Morgan fingerprint density at radius 2 is 1.88 bits per heavy atom. The molecule has 0 radical (unpaired) electrons. The number of carbonyl (C=O) groups excluding carboxylic acids is 1. The maximum Gasteiger partial charge on any atom is 0.416 e. The molecular formula is C27H28F4N8O. The van der Waals surface area contributed by atoms with Gasteiger partial charge in [-0.15, -0.1) is 0 Å². The fourth-order valence-corrected chi connectivity index (χ4v) is 3.27. The number of amides is 1. The lowest BCUT2D eigenvalue weighted by atomic mass is 10.1. The number of nitrogens with one attached hydrogen (secondary N) is 3. The Bertz CT molecular complexity index is 1400. The average Bonchev–Trinajstić information content (AvgIpc) is 2.91. The van der Waals surface area contributed by atoms with Gasteiger partial charge in [0.1, 0.15) is 11.6 Å². The van der Waals surface area contributed by atoms with Gasteiger partial charge in [0.15, 0.2) is 0 Å². The van der Waals surface area contributed by atoms with Crippen molar-refractivity contribution in [1.29, 1.82) is 0 Å². The molecule has 0 aliphatic carbocycles. The van der Waals surface area contributed by atoms with E-state index in [-0.39, 0.29) is 28.7 Å². The van der Waals surface area contributed by atoms with Crippen molar-refractivity contribution in [1.82, 2.24) is 14.9 Å². The summed E-state index contributed by atoms with van der Waals surface area (Å²) in [5, 5.41) is 8.30. The number of allylic oxidation sites excluding steroid dienone is 1. The van der Waals surface area contributed by atoms with Crippen molar-refractivity contribution in [3.63, 3.8) is 0 Å². The summed E-state index contributed by atoms with van der Waals surface area (Å²) in [6.07, 6.45) is 0.703. The van der Waals surface area contributed by atoms with Gasteiger partial charge in [-0.05, 0) is 56.1 Å². The van der Waals surface area contributed by atoms with Gasteiger partial charge in [-0.3, -0.25) is 9.79 Å². The number of aromatic nitrogens is 2. The summed E-state index contributed by atoms with van der Waals surface area (Å²) in [7, 11) is 3.83. The van der Waals surface area contributed by atoms with Crippen LogP contribution in [0.25, 0.3) is 11.1 Å². The molecule has 0 saturated heterocycles. The van der Waals surface area contributed by atoms with Gasteiger partial charge in [-0.1, -0.05) is 18.7 Å². The Hall–Kier alpha value is -4.78. The lowest BCUT2D eigenvalue weighted by Crippen LogP contribution is -2.16. The van der Waals surface area contributed by atoms with Crippen LogP contribution in [-0.4, -0.2) is 54.2 Å². The quantitative estimate of drug-likeness (QED) is 0.149. The van der Waals surface area contributed by atoms with Crippen molar-refractivity contribution in [3.05, 3.63) is 84.6 Å². The molecule has 5 N–H and O–H groups in total. The zero-order valence-electron chi connectivity index (χ0n) is 21.8. The number of likely N-dealkylation sites (N-methyl/N-ethyl adjacent to an activating group) is 1. The summed E-state index contributed by atoms with van der Waals surface area (Å²) in [6.45, 7) is 4.62. The van der Waals surface area contributed by atoms with E-state index >= 15 is 0 Å². The molecule has 2 aromatic carbocycles. The molecule has 0 unspecified atom stereocenters. The first-order valence-corrected chi connectivity index (χ1v) is 11.9. The predicted molar refractivity (Wildman–Crippen MR) is 149 cm³/mol. The second-order valence-electron chi connectivity index (χ2n) is 8.63. The highest BCUT2D eigenvalue weighted by Crippen LogP contribution is 2.34. The number of hydrogen-bond acceptors (Lipinski definition) is 8. The van der Waals surface area contributed by atoms with Crippen molar-refractivity contribution < 1.29 is 22.4 Å². The minimum Gasteiger partial charge on any atom is -0.403 e. The van der Waals surface area contributed by atoms with Crippen LogP contribution in [0.3, 0.4) is 0 Å². The molecule has 40 heavy (non-hydrogen) atoms. The maximum atomic E-state index is 14.8. The van der Waals surface area contributed by atoms with E-state index in [0.29, 0.717) is 17.8 Å². The van der Waals surface area contributed by atoms with Crippen LogP contribution in [0, 0.1) is 5.82 Å². The van der Waals surface area contributed by atoms with Gasteiger partial charge in [0.25, 0.3) is 0 Å². The minimum absolute atomic E-state index is 0.0560. The number of aliphatic imine (C=N–C) groups is 1. The Balaban J connectivity index is 1.99. The SMILES string of the molecule is C=CC(=O)Nc1ccc(F)c(Nc2nc(NC(C=NCCN(C)C)=CN)ncc2-c2ccc(C(F)(F)F)cc2)c1. The van der Waals surface area contributed by atoms with E-state index in [4.69, 9.17) is 5.73 Å². The van der Waals surface area contributed by atoms with E-state index in [1.807, 2.05) is 19.0 Å². The maximum absolute atomic E-state index is 14.8. The Morgan fingerprint density at radius 3 is 2.50 bits per heavy atom. The third-order valence-electron chi connectivity index (χ3n) is 5.33. The highest BCUT2D eigenvalue weighted by Gasteiger charge is 2.30. The van der Waals surface area contributed by atoms with E-state index in [0.717, 1.165) is 30.8 Å². The molecule has 1 amide bonds. The van der Waals surface area contributed by atoms with Gasteiger partial charge in [0, 0.05) is 36.4 Å². The fourth-order valence-electron chi connectivity index (χ4n) is 3.27. The molecule has 0 spiro atoms. The number of nitrogens with zero attached hydrogens (tertiary/aromatic N) is 4. The molecule has 0 aliphatic rings. The van der Waals surface area contributed by atoms with Gasteiger partial charge >= 0.3 is 6.18 Å². The first-order chi connectivity index (χ1) is 19.0. The normalized spacial score (nSPS) is 12.0. The molecule has 210 valence electrons. The molecule has 1 heterocycles. The molecule has 1 aromatic heterocycles. The fraction of sp³-hybridized carbons (Fsp3) is 0.185. The largest absolute Gasteiger partial charge is 0.416 e. The minimum atomic E-state index is -4.51. The van der Waals surface area contributed by atoms with E-state index in [2.05, 4.69) is 37.5 Å². The highest BCUT2D eigenvalue weighted by molar-refractivity contribution is 5.99. The van der Waals surface area contributed by atoms with Crippen LogP contribution < -0.4 is 21.7 Å². The summed E-state index contributed by atoms with van der Waals surface area (Å²) < 4.78 is 54.0. The molecular weight excluding hydrogens is 528 g/mol. The van der Waals surface area contributed by atoms with Gasteiger partial charge in [0.05, 0.1) is 23.5 Å². The number of carbonyl (C=O) groups is 1. The number of benzene rings is 2. The third-order valence-corrected chi connectivity index (χ3v) is 5.33. The zero-order valence-corrected chi connectivity index (χ0v) is 21.8. The molecule has 0 atom stereocenters. The summed E-state index contributed by atoms with van der Waals surface area (Å²) in [4.78, 5) is 26.6. The molecule has 3 rings (SSSR count). The number of alkyl halides is 3. The van der Waals surface area contributed by atoms with Crippen LogP contribution in [-0.2, 0) is 11.0 Å². The average molecular weight is 557 g/mol. The number of halogens is 4. The van der Waals surface area contributed by atoms with E-state index in [1.54, 1.807) is 0 Å². The van der Waals surface area contributed by atoms with E-state index in [1.165, 1.54) is 42.9 Å². The van der Waals surface area contributed by atoms with Crippen LogP contribution in [0.2, 0.25) is 0 Å². The number of anilines is 4. The molecule has 0 aliphatic heterocycles. The molecule has 0 saturated carbocycles. The molecule has 13 heteroatoms. The van der Waals surface area contributed by atoms with Crippen LogP contribution in [0.15, 0.2) is 78.2 Å². The highest BCUT2D eigenvalue weighted by atomic mass is 19.4. The number of nitrogens with two attached hydrogens (primary N) is 1. The molecule has 0 fully saturated rings. The standard InChI is InChI=1S/C27H28F4N8O/c1-4-24(40)35-19-9-10-22(28)23(13-19)37-25-21(17-5-7-18(8-6-17)27(29,30)31)16-34-26(38-25)36-20(14-32)15-33-11-12-39(2)3/h4-10,13-16H,1,11-12,32H2,2-3H3,(H,35,40)(H2,34,36,37,38). The molecule has 0 bridgehead atoms.